The molecule has 2 aliphatic rings. The van der Waals surface area contributed by atoms with Gasteiger partial charge in [-0.05, 0) is 18.3 Å². The molecule has 1 saturated heterocycles. The summed E-state index contributed by atoms with van der Waals surface area (Å²) in [6.45, 7) is 8.39. The molecule has 1 saturated carbocycles. The standard InChI is InChI=1S/C18H29N3O3/c1-18(2,3)14-12-21(10-11-23-14)16(22)9-8-15-19-17(20-24-15)13-6-4-5-7-13/h13-14H,4-12H2,1-3H3. The molecule has 1 aromatic heterocycles. The second-order valence-corrected chi connectivity index (χ2v) is 8.09. The number of nitrogens with zero attached hydrogens (tertiary/aromatic N) is 3. The van der Waals surface area contributed by atoms with Crippen molar-refractivity contribution in [2.75, 3.05) is 19.7 Å². The summed E-state index contributed by atoms with van der Waals surface area (Å²) in [6.07, 6.45) is 5.84. The van der Waals surface area contributed by atoms with Crippen LogP contribution in [0.15, 0.2) is 4.52 Å². The van der Waals surface area contributed by atoms with E-state index in [1.54, 1.807) is 0 Å². The lowest BCUT2D eigenvalue weighted by Gasteiger charge is -2.39. The van der Waals surface area contributed by atoms with Gasteiger partial charge in [0.25, 0.3) is 0 Å². The van der Waals surface area contributed by atoms with Gasteiger partial charge in [-0.1, -0.05) is 38.8 Å². The van der Waals surface area contributed by atoms with Gasteiger partial charge in [-0.25, -0.2) is 0 Å². The van der Waals surface area contributed by atoms with Gasteiger partial charge >= 0.3 is 0 Å². The summed E-state index contributed by atoms with van der Waals surface area (Å²) < 4.78 is 11.1. The van der Waals surface area contributed by atoms with Crippen molar-refractivity contribution >= 4 is 5.91 Å². The lowest BCUT2D eigenvalue weighted by Crippen LogP contribution is -2.50. The lowest BCUT2D eigenvalue weighted by atomic mass is 9.88. The van der Waals surface area contributed by atoms with Crippen molar-refractivity contribution in [1.29, 1.82) is 0 Å². The molecule has 1 aromatic rings. The van der Waals surface area contributed by atoms with Crippen LogP contribution in [0.25, 0.3) is 0 Å². The van der Waals surface area contributed by atoms with E-state index < -0.39 is 0 Å². The fourth-order valence-electron chi connectivity index (χ4n) is 3.49. The average molecular weight is 335 g/mol. The van der Waals surface area contributed by atoms with Gasteiger partial charge in [-0.3, -0.25) is 4.79 Å². The van der Waals surface area contributed by atoms with Gasteiger partial charge in [0, 0.05) is 31.8 Å². The number of aryl methyl sites for hydroxylation is 1. The summed E-state index contributed by atoms with van der Waals surface area (Å²) >= 11 is 0. The maximum Gasteiger partial charge on any atom is 0.227 e. The highest BCUT2D eigenvalue weighted by atomic mass is 16.5. The molecule has 134 valence electrons. The molecule has 1 amide bonds. The number of rotatable bonds is 4. The van der Waals surface area contributed by atoms with Crippen LogP contribution >= 0.6 is 0 Å². The molecule has 0 spiro atoms. The lowest BCUT2D eigenvalue weighted by molar-refractivity contribution is -0.143. The van der Waals surface area contributed by atoms with Gasteiger partial charge in [0.15, 0.2) is 5.82 Å². The highest BCUT2D eigenvalue weighted by Crippen LogP contribution is 2.32. The second-order valence-electron chi connectivity index (χ2n) is 8.09. The highest BCUT2D eigenvalue weighted by molar-refractivity contribution is 5.76. The molecule has 0 radical (unpaired) electrons. The Bertz CT molecular complexity index is 558. The Morgan fingerprint density at radius 3 is 2.75 bits per heavy atom. The Hall–Kier alpha value is -1.43. The zero-order chi connectivity index (χ0) is 17.2. The summed E-state index contributed by atoms with van der Waals surface area (Å²) in [7, 11) is 0. The van der Waals surface area contributed by atoms with Gasteiger partial charge in [0.2, 0.25) is 11.8 Å². The van der Waals surface area contributed by atoms with Crippen molar-refractivity contribution < 1.29 is 14.1 Å². The third-order valence-corrected chi connectivity index (χ3v) is 5.14. The predicted octanol–water partition coefficient (Wildman–Crippen LogP) is 2.93. The van der Waals surface area contributed by atoms with Gasteiger partial charge in [0.05, 0.1) is 12.7 Å². The van der Waals surface area contributed by atoms with Gasteiger partial charge < -0.3 is 14.2 Å². The molecular weight excluding hydrogens is 306 g/mol. The molecule has 2 heterocycles. The van der Waals surface area contributed by atoms with Crippen LogP contribution in [0, 0.1) is 5.41 Å². The van der Waals surface area contributed by atoms with Crippen molar-refractivity contribution in [3.63, 3.8) is 0 Å². The minimum atomic E-state index is 0.0433. The van der Waals surface area contributed by atoms with Crippen molar-refractivity contribution in [2.45, 2.75) is 71.3 Å². The van der Waals surface area contributed by atoms with Crippen molar-refractivity contribution in [3.05, 3.63) is 11.7 Å². The quantitative estimate of drug-likeness (QED) is 0.846. The minimum absolute atomic E-state index is 0.0433. The van der Waals surface area contributed by atoms with Gasteiger partial charge in [-0.2, -0.15) is 4.98 Å². The number of morpholine rings is 1. The molecule has 24 heavy (non-hydrogen) atoms. The monoisotopic (exact) mass is 335 g/mol. The summed E-state index contributed by atoms with van der Waals surface area (Å²) in [5.41, 5.74) is 0.0433. The molecular formula is C18H29N3O3. The van der Waals surface area contributed by atoms with Crippen LogP contribution in [0.3, 0.4) is 0 Å². The number of carbonyl (C=O) groups is 1. The van der Waals surface area contributed by atoms with Crippen LogP contribution in [0.1, 0.15) is 70.5 Å². The van der Waals surface area contributed by atoms with E-state index in [2.05, 4.69) is 30.9 Å². The first-order valence-corrected chi connectivity index (χ1v) is 9.15. The van der Waals surface area contributed by atoms with Crippen LogP contribution in [0.4, 0.5) is 0 Å². The van der Waals surface area contributed by atoms with E-state index in [-0.39, 0.29) is 17.4 Å². The Kier molecular flexibility index (Phi) is 5.23. The maximum atomic E-state index is 12.5. The molecule has 1 unspecified atom stereocenters. The van der Waals surface area contributed by atoms with Crippen LogP contribution in [0.5, 0.6) is 0 Å². The Labute approximate surface area is 143 Å². The number of hydrogen-bond acceptors (Lipinski definition) is 5. The molecule has 1 aliphatic heterocycles. The number of amides is 1. The van der Waals surface area contributed by atoms with Crippen LogP contribution in [-0.2, 0) is 16.0 Å². The van der Waals surface area contributed by atoms with E-state index in [0.717, 1.165) is 18.7 Å². The van der Waals surface area contributed by atoms with E-state index in [1.807, 2.05) is 4.90 Å². The number of aromatic nitrogens is 2. The minimum Gasteiger partial charge on any atom is -0.374 e. The zero-order valence-corrected chi connectivity index (χ0v) is 15.1. The molecule has 6 nitrogen and oxygen atoms in total. The number of ether oxygens (including phenoxy) is 1. The van der Waals surface area contributed by atoms with Crippen molar-refractivity contribution in [1.82, 2.24) is 15.0 Å². The van der Waals surface area contributed by atoms with Gasteiger partial charge in [-0.15, -0.1) is 0 Å². The molecule has 1 aliphatic carbocycles. The topological polar surface area (TPSA) is 68.5 Å². The Balaban J connectivity index is 1.50. The van der Waals surface area contributed by atoms with Crippen molar-refractivity contribution in [3.8, 4) is 0 Å². The number of carbonyl (C=O) groups excluding carboxylic acids is 1. The fourth-order valence-corrected chi connectivity index (χ4v) is 3.49. The summed E-state index contributed by atoms with van der Waals surface area (Å²) in [4.78, 5) is 18.9. The molecule has 0 aromatic carbocycles. The Morgan fingerprint density at radius 1 is 1.29 bits per heavy atom. The molecule has 0 N–H and O–H groups in total. The average Bonchev–Trinajstić information content (AvgIpc) is 3.23. The summed E-state index contributed by atoms with van der Waals surface area (Å²) in [5.74, 6) is 2.01. The third-order valence-electron chi connectivity index (χ3n) is 5.14. The predicted molar refractivity (Wildman–Crippen MR) is 89.6 cm³/mol. The second kappa shape index (κ2) is 7.21. The molecule has 0 bridgehead atoms. The third kappa shape index (κ3) is 4.15. The van der Waals surface area contributed by atoms with E-state index in [0.29, 0.717) is 44.3 Å². The molecule has 6 heteroatoms. The van der Waals surface area contributed by atoms with E-state index in [1.165, 1.54) is 12.8 Å². The van der Waals surface area contributed by atoms with E-state index in [9.17, 15) is 4.79 Å². The maximum absolute atomic E-state index is 12.5. The fraction of sp³-hybridized carbons (Fsp3) is 0.833. The zero-order valence-electron chi connectivity index (χ0n) is 15.1. The van der Waals surface area contributed by atoms with Crippen LogP contribution in [-0.4, -0.2) is 46.7 Å². The molecule has 3 rings (SSSR count). The first-order chi connectivity index (χ1) is 11.4. The summed E-state index contributed by atoms with van der Waals surface area (Å²) in [5, 5.41) is 4.10. The van der Waals surface area contributed by atoms with Crippen LogP contribution < -0.4 is 0 Å². The first-order valence-electron chi connectivity index (χ1n) is 9.15. The Morgan fingerprint density at radius 2 is 2.04 bits per heavy atom. The van der Waals surface area contributed by atoms with E-state index >= 15 is 0 Å². The summed E-state index contributed by atoms with van der Waals surface area (Å²) in [6, 6.07) is 0. The van der Waals surface area contributed by atoms with Crippen LogP contribution in [0.2, 0.25) is 0 Å². The largest absolute Gasteiger partial charge is 0.374 e. The molecule has 2 fully saturated rings. The van der Waals surface area contributed by atoms with Crippen molar-refractivity contribution in [2.24, 2.45) is 5.41 Å². The SMILES string of the molecule is CC(C)(C)C1CN(C(=O)CCc2nc(C3CCCC3)no2)CCO1. The first kappa shape index (κ1) is 17.4. The van der Waals surface area contributed by atoms with E-state index in [4.69, 9.17) is 9.26 Å². The smallest absolute Gasteiger partial charge is 0.227 e. The molecule has 1 atom stereocenters. The highest BCUT2D eigenvalue weighted by Gasteiger charge is 2.32. The number of hydrogen-bond donors (Lipinski definition) is 0. The normalized spacial score (nSPS) is 23.0. The van der Waals surface area contributed by atoms with Gasteiger partial charge in [0.1, 0.15) is 0 Å².